The average molecular weight is 330 g/mol. The number of nitrogens with one attached hydrogen (secondary N) is 1. The number of carbonyl (C=O) groups is 1. The Morgan fingerprint density at radius 1 is 1.61 bits per heavy atom. The Morgan fingerprint density at radius 2 is 2.39 bits per heavy atom. The highest BCUT2D eigenvalue weighted by Crippen LogP contribution is 2.27. The van der Waals surface area contributed by atoms with Gasteiger partial charge in [0.25, 0.3) is 5.91 Å². The maximum absolute atomic E-state index is 12.1. The minimum Gasteiger partial charge on any atom is -0.387 e. The van der Waals surface area contributed by atoms with Crippen LogP contribution in [0.5, 0.6) is 0 Å². The van der Waals surface area contributed by atoms with Crippen molar-refractivity contribution in [1.82, 2.24) is 5.32 Å². The molecule has 0 aliphatic carbocycles. The minimum atomic E-state index is -0.736. The number of thioether (sulfide) groups is 1. The molecular weight excluding hydrogens is 314 g/mol. The van der Waals surface area contributed by atoms with Crippen molar-refractivity contribution in [3.8, 4) is 0 Å². The van der Waals surface area contributed by atoms with Gasteiger partial charge in [0.05, 0.1) is 5.60 Å². The number of aliphatic hydroxyl groups is 1. The molecule has 0 radical (unpaired) electrons. The fourth-order valence-corrected chi connectivity index (χ4v) is 3.57. The molecule has 18 heavy (non-hydrogen) atoms. The van der Waals surface area contributed by atoms with Crippen LogP contribution in [0.1, 0.15) is 22.3 Å². The van der Waals surface area contributed by atoms with Gasteiger partial charge in [-0.15, -0.1) is 0 Å². The van der Waals surface area contributed by atoms with Crippen molar-refractivity contribution in [2.24, 2.45) is 0 Å². The molecule has 0 bridgehead atoms. The van der Waals surface area contributed by atoms with Gasteiger partial charge in [-0.1, -0.05) is 22.0 Å². The third-order valence-electron chi connectivity index (χ3n) is 3.10. The van der Waals surface area contributed by atoms with Crippen LogP contribution in [0.3, 0.4) is 0 Å². The van der Waals surface area contributed by atoms with Gasteiger partial charge < -0.3 is 10.4 Å². The third kappa shape index (κ3) is 3.28. The van der Waals surface area contributed by atoms with Gasteiger partial charge in [0, 0.05) is 22.3 Å². The van der Waals surface area contributed by atoms with Crippen LogP contribution in [0.15, 0.2) is 22.7 Å². The fourth-order valence-electron chi connectivity index (χ4n) is 1.91. The van der Waals surface area contributed by atoms with E-state index in [1.54, 1.807) is 17.8 Å². The van der Waals surface area contributed by atoms with E-state index in [1.165, 1.54) is 0 Å². The van der Waals surface area contributed by atoms with Crippen molar-refractivity contribution >= 4 is 33.6 Å². The lowest BCUT2D eigenvalue weighted by Crippen LogP contribution is -2.43. The standard InChI is InChI=1S/C13H16BrNO2S/c1-9-2-3-10(14)6-11(9)12(16)15-7-13(17)4-5-18-8-13/h2-3,6,17H,4-5,7-8H2,1H3,(H,15,16). The number of hydrogen-bond donors (Lipinski definition) is 2. The Labute approximate surface area is 119 Å². The molecule has 1 aliphatic heterocycles. The van der Waals surface area contributed by atoms with Crippen molar-refractivity contribution in [3.63, 3.8) is 0 Å². The summed E-state index contributed by atoms with van der Waals surface area (Å²) in [6.07, 6.45) is 0.745. The quantitative estimate of drug-likeness (QED) is 0.894. The van der Waals surface area contributed by atoms with E-state index in [4.69, 9.17) is 0 Å². The Kier molecular flexibility index (Phi) is 4.35. The van der Waals surface area contributed by atoms with Gasteiger partial charge in [-0.25, -0.2) is 0 Å². The zero-order valence-corrected chi connectivity index (χ0v) is 12.6. The van der Waals surface area contributed by atoms with Crippen molar-refractivity contribution in [3.05, 3.63) is 33.8 Å². The molecule has 1 amide bonds. The van der Waals surface area contributed by atoms with Crippen LogP contribution in [0, 0.1) is 6.92 Å². The highest BCUT2D eigenvalue weighted by atomic mass is 79.9. The maximum atomic E-state index is 12.1. The number of benzene rings is 1. The molecule has 1 fully saturated rings. The van der Waals surface area contributed by atoms with E-state index in [0.717, 1.165) is 22.2 Å². The summed E-state index contributed by atoms with van der Waals surface area (Å²) in [5.41, 5.74) is 0.849. The van der Waals surface area contributed by atoms with E-state index in [2.05, 4.69) is 21.2 Å². The number of hydrogen-bond acceptors (Lipinski definition) is 3. The molecular formula is C13H16BrNO2S. The van der Waals surface area contributed by atoms with Gasteiger partial charge in [0.15, 0.2) is 0 Å². The Morgan fingerprint density at radius 3 is 3.06 bits per heavy atom. The molecule has 1 aliphatic rings. The van der Waals surface area contributed by atoms with Crippen molar-refractivity contribution in [1.29, 1.82) is 0 Å². The number of carbonyl (C=O) groups excluding carboxylic acids is 1. The lowest BCUT2D eigenvalue weighted by atomic mass is 10.0. The topological polar surface area (TPSA) is 49.3 Å². The van der Waals surface area contributed by atoms with Gasteiger partial charge in [-0.2, -0.15) is 11.8 Å². The minimum absolute atomic E-state index is 0.126. The predicted molar refractivity (Wildman–Crippen MR) is 78.1 cm³/mol. The summed E-state index contributed by atoms with van der Waals surface area (Å²) < 4.78 is 0.883. The zero-order valence-electron chi connectivity index (χ0n) is 10.2. The van der Waals surface area contributed by atoms with Crippen LogP contribution < -0.4 is 5.32 Å². The molecule has 1 unspecified atom stereocenters. The summed E-state index contributed by atoms with van der Waals surface area (Å²) in [4.78, 5) is 12.1. The monoisotopic (exact) mass is 329 g/mol. The van der Waals surface area contributed by atoms with Gasteiger partial charge in [0.1, 0.15) is 0 Å². The van der Waals surface area contributed by atoms with Crippen LogP contribution in [0.4, 0.5) is 0 Å². The van der Waals surface area contributed by atoms with Gasteiger partial charge in [-0.3, -0.25) is 4.79 Å². The predicted octanol–water partition coefficient (Wildman–Crippen LogP) is 2.36. The maximum Gasteiger partial charge on any atom is 0.251 e. The molecule has 1 aromatic rings. The van der Waals surface area contributed by atoms with E-state index in [9.17, 15) is 9.90 Å². The summed E-state index contributed by atoms with van der Waals surface area (Å²) >= 11 is 5.09. The van der Waals surface area contributed by atoms with Gasteiger partial charge in [0.2, 0.25) is 0 Å². The molecule has 0 spiro atoms. The molecule has 5 heteroatoms. The fraction of sp³-hybridized carbons (Fsp3) is 0.462. The van der Waals surface area contributed by atoms with E-state index >= 15 is 0 Å². The number of amides is 1. The highest BCUT2D eigenvalue weighted by molar-refractivity contribution is 9.10. The van der Waals surface area contributed by atoms with Crippen LogP contribution in [-0.4, -0.2) is 34.7 Å². The van der Waals surface area contributed by atoms with Gasteiger partial charge >= 0.3 is 0 Å². The largest absolute Gasteiger partial charge is 0.387 e. The first-order valence-corrected chi connectivity index (χ1v) is 7.79. The molecule has 1 saturated heterocycles. The first-order valence-electron chi connectivity index (χ1n) is 5.85. The number of rotatable bonds is 3. The van der Waals surface area contributed by atoms with Crippen molar-refractivity contribution < 1.29 is 9.90 Å². The molecule has 1 heterocycles. The van der Waals surface area contributed by atoms with Crippen LogP contribution in [0.2, 0.25) is 0 Å². The molecule has 0 aromatic heterocycles. The summed E-state index contributed by atoms with van der Waals surface area (Å²) in [6, 6.07) is 5.62. The van der Waals surface area contributed by atoms with Crippen LogP contribution in [0.25, 0.3) is 0 Å². The first kappa shape index (κ1) is 13.9. The average Bonchev–Trinajstić information content (AvgIpc) is 2.77. The second-order valence-corrected chi connectivity index (χ2v) is 6.69. The second-order valence-electron chi connectivity index (χ2n) is 4.67. The smallest absolute Gasteiger partial charge is 0.251 e. The molecule has 1 atom stereocenters. The lowest BCUT2D eigenvalue weighted by molar-refractivity contribution is 0.0612. The first-order chi connectivity index (χ1) is 8.50. The molecule has 1 aromatic carbocycles. The van der Waals surface area contributed by atoms with Crippen LogP contribution >= 0.6 is 27.7 Å². The molecule has 2 rings (SSSR count). The number of aryl methyl sites for hydroxylation is 1. The van der Waals surface area contributed by atoms with E-state index in [1.807, 2.05) is 19.1 Å². The van der Waals surface area contributed by atoms with E-state index in [0.29, 0.717) is 17.9 Å². The van der Waals surface area contributed by atoms with Gasteiger partial charge in [-0.05, 0) is 36.8 Å². The lowest BCUT2D eigenvalue weighted by Gasteiger charge is -2.21. The Bertz CT molecular complexity index is 458. The van der Waals surface area contributed by atoms with Crippen molar-refractivity contribution in [2.75, 3.05) is 18.1 Å². The molecule has 3 nitrogen and oxygen atoms in total. The summed E-state index contributed by atoms with van der Waals surface area (Å²) in [7, 11) is 0. The Balaban J connectivity index is 2.01. The van der Waals surface area contributed by atoms with Crippen molar-refractivity contribution in [2.45, 2.75) is 18.9 Å². The molecule has 0 saturated carbocycles. The SMILES string of the molecule is Cc1ccc(Br)cc1C(=O)NCC1(O)CCSC1. The summed E-state index contributed by atoms with van der Waals surface area (Å²) in [5, 5.41) is 13.0. The zero-order chi connectivity index (χ0) is 13.2. The highest BCUT2D eigenvalue weighted by Gasteiger charge is 2.32. The normalized spacial score (nSPS) is 23.1. The van der Waals surface area contributed by atoms with E-state index in [-0.39, 0.29) is 5.91 Å². The second kappa shape index (κ2) is 5.63. The number of halogens is 1. The summed E-state index contributed by atoms with van der Waals surface area (Å²) in [5.74, 6) is 1.53. The Hall–Kier alpha value is -0.520. The van der Waals surface area contributed by atoms with E-state index < -0.39 is 5.60 Å². The van der Waals surface area contributed by atoms with Crippen LogP contribution in [-0.2, 0) is 0 Å². The molecule has 98 valence electrons. The molecule has 2 N–H and O–H groups in total. The summed E-state index contributed by atoms with van der Waals surface area (Å²) in [6.45, 7) is 2.23. The third-order valence-corrected chi connectivity index (χ3v) is 4.83.